The molecule has 40 heavy (non-hydrogen) atoms. The van der Waals surface area contributed by atoms with Crippen molar-refractivity contribution < 1.29 is 4.74 Å². The number of benzene rings is 5. The van der Waals surface area contributed by atoms with E-state index in [0.717, 1.165) is 34.8 Å². The Bertz CT molecular complexity index is 1530. The first-order chi connectivity index (χ1) is 19.5. The summed E-state index contributed by atoms with van der Waals surface area (Å²) in [6.45, 7) is 6.87. The summed E-state index contributed by atoms with van der Waals surface area (Å²) in [4.78, 5) is 2.26. The molecule has 0 saturated heterocycles. The molecule has 200 valence electrons. The van der Waals surface area contributed by atoms with Crippen LogP contribution in [-0.2, 0) is 5.41 Å². The number of hydrogen-bond donors (Lipinski definition) is 0. The van der Waals surface area contributed by atoms with Gasteiger partial charge in [-0.15, -0.1) is 0 Å². The summed E-state index contributed by atoms with van der Waals surface area (Å²) in [5.74, 6) is 0.844. The van der Waals surface area contributed by atoms with Crippen molar-refractivity contribution in [3.63, 3.8) is 0 Å². The highest BCUT2D eigenvalue weighted by Gasteiger charge is 2.18. The number of nitrogens with zero attached hydrogens (tertiary/aromatic N) is 1. The fourth-order valence-corrected chi connectivity index (χ4v) is 4.90. The highest BCUT2D eigenvalue weighted by molar-refractivity contribution is 5.91. The topological polar surface area (TPSA) is 12.5 Å². The molecular weight excluding hydrogens is 486 g/mol. The molecule has 0 radical (unpaired) electrons. The first kappa shape index (κ1) is 27.0. The van der Waals surface area contributed by atoms with Crippen LogP contribution < -0.4 is 9.64 Å². The van der Waals surface area contributed by atoms with Crippen molar-refractivity contribution in [2.75, 3.05) is 12.0 Å². The van der Waals surface area contributed by atoms with Crippen molar-refractivity contribution in [1.29, 1.82) is 0 Å². The molecule has 0 unspecified atom stereocenters. The maximum Gasteiger partial charge on any atom is 0.119 e. The lowest BCUT2D eigenvalue weighted by Gasteiger charge is -2.25. The molecule has 0 aliphatic carbocycles. The Labute approximate surface area is 239 Å². The van der Waals surface area contributed by atoms with Crippen LogP contribution in [0.3, 0.4) is 0 Å². The monoisotopic (exact) mass is 523 g/mol. The van der Waals surface area contributed by atoms with E-state index in [4.69, 9.17) is 4.74 Å². The zero-order chi connectivity index (χ0) is 28.0. The van der Waals surface area contributed by atoms with Crippen molar-refractivity contribution in [3.8, 4) is 5.75 Å². The van der Waals surface area contributed by atoms with Gasteiger partial charge in [0.15, 0.2) is 0 Å². The molecule has 0 spiro atoms. The number of ether oxygens (including phenoxy) is 1. The standard InChI is InChI=1S/C38H37NO/c1-5-38(2,3)32-20-18-31(19-21-32)37(30-12-8-6-9-13-30)28-29-16-22-34(23-17-29)39(33-14-10-7-11-15-33)35-24-26-36(40-4)27-25-35/h6-28H,5H2,1-4H3/b37-28+. The fourth-order valence-electron chi connectivity index (χ4n) is 4.90. The normalized spacial score (nSPS) is 11.8. The molecule has 0 aliphatic heterocycles. The molecular formula is C38H37NO. The molecule has 0 saturated carbocycles. The molecule has 5 rings (SSSR count). The minimum atomic E-state index is 0.166. The van der Waals surface area contributed by atoms with E-state index in [9.17, 15) is 0 Å². The second-order valence-corrected chi connectivity index (χ2v) is 10.7. The number of rotatable bonds is 9. The van der Waals surface area contributed by atoms with E-state index in [1.165, 1.54) is 22.3 Å². The van der Waals surface area contributed by atoms with Crippen LogP contribution in [0.1, 0.15) is 49.4 Å². The number of methoxy groups -OCH3 is 1. The molecule has 0 fully saturated rings. The lowest BCUT2D eigenvalue weighted by Crippen LogP contribution is -2.15. The lowest BCUT2D eigenvalue weighted by molar-refractivity contribution is 0.415. The average molecular weight is 524 g/mol. The number of hydrogen-bond acceptors (Lipinski definition) is 2. The van der Waals surface area contributed by atoms with E-state index in [2.05, 4.69) is 147 Å². The van der Waals surface area contributed by atoms with Gasteiger partial charge >= 0.3 is 0 Å². The SMILES string of the molecule is CCC(C)(C)c1ccc(/C(=C/c2ccc(N(c3ccccc3)c3ccc(OC)cc3)cc2)c2ccccc2)cc1. The molecule has 0 N–H and O–H groups in total. The van der Waals surface area contributed by atoms with Gasteiger partial charge in [-0.3, -0.25) is 0 Å². The highest BCUT2D eigenvalue weighted by atomic mass is 16.5. The Morgan fingerprint density at radius 3 is 1.68 bits per heavy atom. The Morgan fingerprint density at radius 1 is 0.625 bits per heavy atom. The minimum Gasteiger partial charge on any atom is -0.497 e. The Morgan fingerprint density at radius 2 is 1.12 bits per heavy atom. The van der Waals surface area contributed by atoms with Crippen molar-refractivity contribution in [2.45, 2.75) is 32.6 Å². The Balaban J connectivity index is 1.52. The van der Waals surface area contributed by atoms with Gasteiger partial charge in [-0.05, 0) is 94.3 Å². The lowest BCUT2D eigenvalue weighted by atomic mass is 9.81. The van der Waals surface area contributed by atoms with Gasteiger partial charge in [0.25, 0.3) is 0 Å². The first-order valence-corrected chi connectivity index (χ1v) is 14.0. The Hall–Kier alpha value is -4.56. The predicted molar refractivity (Wildman–Crippen MR) is 171 cm³/mol. The molecule has 2 nitrogen and oxygen atoms in total. The zero-order valence-corrected chi connectivity index (χ0v) is 23.8. The van der Waals surface area contributed by atoms with Crippen LogP contribution in [0.15, 0.2) is 133 Å². The molecule has 0 heterocycles. The van der Waals surface area contributed by atoms with Gasteiger partial charge < -0.3 is 9.64 Å². The molecule has 5 aromatic carbocycles. The quantitative estimate of drug-likeness (QED) is 0.178. The molecule has 5 aromatic rings. The highest BCUT2D eigenvalue weighted by Crippen LogP contribution is 2.36. The van der Waals surface area contributed by atoms with Crippen LogP contribution in [0.25, 0.3) is 11.6 Å². The van der Waals surface area contributed by atoms with Crippen molar-refractivity contribution in [2.24, 2.45) is 0 Å². The molecule has 0 bridgehead atoms. The first-order valence-electron chi connectivity index (χ1n) is 14.0. The molecule has 0 aliphatic rings. The van der Waals surface area contributed by atoms with Crippen LogP contribution in [0, 0.1) is 0 Å². The average Bonchev–Trinajstić information content (AvgIpc) is 3.02. The van der Waals surface area contributed by atoms with Crippen LogP contribution in [0.2, 0.25) is 0 Å². The third-order valence-corrected chi connectivity index (χ3v) is 7.75. The maximum atomic E-state index is 5.39. The van der Waals surface area contributed by atoms with Gasteiger partial charge in [0.05, 0.1) is 7.11 Å². The van der Waals surface area contributed by atoms with E-state index in [-0.39, 0.29) is 5.41 Å². The van der Waals surface area contributed by atoms with Gasteiger partial charge in [0.2, 0.25) is 0 Å². The second kappa shape index (κ2) is 12.1. The third kappa shape index (κ3) is 6.02. The maximum absolute atomic E-state index is 5.39. The summed E-state index contributed by atoms with van der Waals surface area (Å²) in [6, 6.07) is 47.2. The van der Waals surface area contributed by atoms with Crippen LogP contribution in [0.4, 0.5) is 17.1 Å². The fraction of sp³-hybridized carbons (Fsp3) is 0.158. The second-order valence-electron chi connectivity index (χ2n) is 10.7. The minimum absolute atomic E-state index is 0.166. The summed E-state index contributed by atoms with van der Waals surface area (Å²) in [5.41, 5.74) is 9.61. The Kier molecular flexibility index (Phi) is 8.17. The van der Waals surface area contributed by atoms with Crippen LogP contribution >= 0.6 is 0 Å². The smallest absolute Gasteiger partial charge is 0.119 e. The third-order valence-electron chi connectivity index (χ3n) is 7.75. The predicted octanol–water partition coefficient (Wildman–Crippen LogP) is 10.4. The summed E-state index contributed by atoms with van der Waals surface area (Å²) in [6.07, 6.45) is 3.40. The van der Waals surface area contributed by atoms with E-state index in [1.54, 1.807) is 7.11 Å². The molecule has 0 aromatic heterocycles. The van der Waals surface area contributed by atoms with Gasteiger partial charge in [-0.2, -0.15) is 0 Å². The van der Waals surface area contributed by atoms with Gasteiger partial charge in [-0.25, -0.2) is 0 Å². The van der Waals surface area contributed by atoms with E-state index in [1.807, 2.05) is 18.2 Å². The van der Waals surface area contributed by atoms with Gasteiger partial charge in [0, 0.05) is 17.1 Å². The van der Waals surface area contributed by atoms with Crippen LogP contribution in [-0.4, -0.2) is 7.11 Å². The zero-order valence-electron chi connectivity index (χ0n) is 23.8. The van der Waals surface area contributed by atoms with E-state index in [0.29, 0.717) is 0 Å². The van der Waals surface area contributed by atoms with Gasteiger partial charge in [0.1, 0.15) is 5.75 Å². The number of anilines is 3. The van der Waals surface area contributed by atoms with Gasteiger partial charge in [-0.1, -0.05) is 106 Å². The van der Waals surface area contributed by atoms with E-state index >= 15 is 0 Å². The van der Waals surface area contributed by atoms with Crippen LogP contribution in [0.5, 0.6) is 5.75 Å². The molecule has 0 amide bonds. The van der Waals surface area contributed by atoms with Crippen molar-refractivity contribution in [3.05, 3.63) is 156 Å². The summed E-state index contributed by atoms with van der Waals surface area (Å²) < 4.78 is 5.39. The summed E-state index contributed by atoms with van der Waals surface area (Å²) >= 11 is 0. The summed E-state index contributed by atoms with van der Waals surface area (Å²) in [5, 5.41) is 0. The summed E-state index contributed by atoms with van der Waals surface area (Å²) in [7, 11) is 1.69. The van der Waals surface area contributed by atoms with Crippen molar-refractivity contribution >= 4 is 28.7 Å². The van der Waals surface area contributed by atoms with E-state index < -0.39 is 0 Å². The van der Waals surface area contributed by atoms with Crippen molar-refractivity contribution in [1.82, 2.24) is 0 Å². The molecule has 2 heteroatoms. The molecule has 0 atom stereocenters. The number of para-hydroxylation sites is 1. The largest absolute Gasteiger partial charge is 0.497 e.